The van der Waals surface area contributed by atoms with Crippen LogP contribution in [0.4, 0.5) is 0 Å². The van der Waals surface area contributed by atoms with Gasteiger partial charge in [-0.05, 0) is 18.2 Å². The van der Waals surface area contributed by atoms with E-state index >= 15 is 0 Å². The van der Waals surface area contributed by atoms with E-state index in [0.717, 1.165) is 5.56 Å². The normalized spacial score (nSPS) is 16.1. The predicted molar refractivity (Wildman–Crippen MR) is 78.0 cm³/mol. The molecule has 1 saturated heterocycles. The van der Waals surface area contributed by atoms with Crippen LogP contribution in [0, 0.1) is 11.3 Å². The zero-order valence-corrected chi connectivity index (χ0v) is 11.8. The molecule has 1 aromatic heterocycles. The van der Waals surface area contributed by atoms with Gasteiger partial charge in [0.25, 0.3) is 0 Å². The van der Waals surface area contributed by atoms with E-state index in [2.05, 4.69) is 4.98 Å². The SMILES string of the molecule is N#CC(C(=O)c1cccc(C2OCCO2)c1)c1ccccn1. The summed E-state index contributed by atoms with van der Waals surface area (Å²) in [6, 6.07) is 14.2. The van der Waals surface area contributed by atoms with Crippen LogP contribution in [0.2, 0.25) is 0 Å². The zero-order chi connectivity index (χ0) is 15.4. The third kappa shape index (κ3) is 2.89. The van der Waals surface area contributed by atoms with Crippen molar-refractivity contribution in [3.8, 4) is 6.07 Å². The van der Waals surface area contributed by atoms with Gasteiger partial charge in [-0.3, -0.25) is 9.78 Å². The van der Waals surface area contributed by atoms with Crippen molar-refractivity contribution in [3.05, 3.63) is 65.5 Å². The number of hydrogen-bond donors (Lipinski definition) is 0. The second-order valence-corrected chi connectivity index (χ2v) is 4.88. The molecule has 0 bridgehead atoms. The first kappa shape index (κ1) is 14.4. The molecule has 3 rings (SSSR count). The number of carbonyl (C=O) groups is 1. The molecule has 110 valence electrons. The van der Waals surface area contributed by atoms with Crippen molar-refractivity contribution in [2.75, 3.05) is 13.2 Å². The molecule has 0 aliphatic carbocycles. The van der Waals surface area contributed by atoms with Crippen LogP contribution in [-0.2, 0) is 9.47 Å². The van der Waals surface area contributed by atoms with Crippen molar-refractivity contribution < 1.29 is 14.3 Å². The van der Waals surface area contributed by atoms with Gasteiger partial charge in [-0.25, -0.2) is 0 Å². The van der Waals surface area contributed by atoms with Crippen LogP contribution >= 0.6 is 0 Å². The van der Waals surface area contributed by atoms with Crippen LogP contribution in [0.25, 0.3) is 0 Å². The summed E-state index contributed by atoms with van der Waals surface area (Å²) >= 11 is 0. The molecule has 2 heterocycles. The van der Waals surface area contributed by atoms with E-state index in [0.29, 0.717) is 24.5 Å². The highest BCUT2D eigenvalue weighted by molar-refractivity contribution is 6.02. The van der Waals surface area contributed by atoms with Gasteiger partial charge in [0.15, 0.2) is 18.0 Å². The summed E-state index contributed by atoms with van der Waals surface area (Å²) < 4.78 is 10.9. The summed E-state index contributed by atoms with van der Waals surface area (Å²) in [7, 11) is 0. The number of nitrogens with zero attached hydrogens (tertiary/aromatic N) is 2. The number of pyridine rings is 1. The molecule has 1 aromatic carbocycles. The first-order valence-corrected chi connectivity index (χ1v) is 6.97. The number of nitriles is 1. The minimum Gasteiger partial charge on any atom is -0.346 e. The van der Waals surface area contributed by atoms with E-state index < -0.39 is 12.2 Å². The van der Waals surface area contributed by atoms with Gasteiger partial charge < -0.3 is 9.47 Å². The fourth-order valence-electron chi connectivity index (χ4n) is 2.36. The van der Waals surface area contributed by atoms with E-state index in [1.54, 1.807) is 42.6 Å². The Balaban J connectivity index is 1.88. The van der Waals surface area contributed by atoms with Crippen LogP contribution in [0.3, 0.4) is 0 Å². The van der Waals surface area contributed by atoms with Crippen molar-refractivity contribution in [2.24, 2.45) is 0 Å². The van der Waals surface area contributed by atoms with E-state index in [9.17, 15) is 10.1 Å². The summed E-state index contributed by atoms with van der Waals surface area (Å²) in [6.45, 7) is 1.08. The summed E-state index contributed by atoms with van der Waals surface area (Å²) in [5.41, 5.74) is 1.68. The summed E-state index contributed by atoms with van der Waals surface area (Å²) in [4.78, 5) is 16.7. The molecule has 5 heteroatoms. The minimum absolute atomic E-state index is 0.277. The molecule has 0 amide bonds. The van der Waals surface area contributed by atoms with Crippen molar-refractivity contribution in [1.82, 2.24) is 4.98 Å². The summed E-state index contributed by atoms with van der Waals surface area (Å²) in [5.74, 6) is -1.19. The van der Waals surface area contributed by atoms with E-state index in [1.165, 1.54) is 0 Å². The van der Waals surface area contributed by atoms with Gasteiger partial charge in [0.05, 0.1) is 25.0 Å². The lowest BCUT2D eigenvalue weighted by Gasteiger charge is -2.12. The van der Waals surface area contributed by atoms with Crippen molar-refractivity contribution in [3.63, 3.8) is 0 Å². The quantitative estimate of drug-likeness (QED) is 0.810. The summed E-state index contributed by atoms with van der Waals surface area (Å²) in [5, 5.41) is 9.33. The minimum atomic E-state index is -0.915. The molecule has 0 N–H and O–H groups in total. The molecule has 22 heavy (non-hydrogen) atoms. The Hall–Kier alpha value is -2.55. The number of Topliss-reactive ketones (excluding diaryl/α,β-unsaturated/α-hetero) is 1. The number of rotatable bonds is 4. The molecule has 1 unspecified atom stereocenters. The van der Waals surface area contributed by atoms with Crippen LogP contribution < -0.4 is 0 Å². The first-order chi connectivity index (χ1) is 10.8. The zero-order valence-electron chi connectivity index (χ0n) is 11.8. The van der Waals surface area contributed by atoms with Gasteiger partial charge in [-0.15, -0.1) is 0 Å². The average Bonchev–Trinajstić information content (AvgIpc) is 3.11. The molecule has 1 aliphatic rings. The van der Waals surface area contributed by atoms with Crippen LogP contribution in [0.1, 0.15) is 33.8 Å². The molecule has 0 radical (unpaired) electrons. The van der Waals surface area contributed by atoms with E-state index in [-0.39, 0.29) is 5.78 Å². The van der Waals surface area contributed by atoms with E-state index in [1.807, 2.05) is 12.1 Å². The van der Waals surface area contributed by atoms with E-state index in [4.69, 9.17) is 9.47 Å². The molecule has 2 aromatic rings. The number of ether oxygens (including phenoxy) is 2. The van der Waals surface area contributed by atoms with Gasteiger partial charge >= 0.3 is 0 Å². The summed E-state index contributed by atoms with van der Waals surface area (Å²) in [6.07, 6.45) is 1.13. The molecular weight excluding hydrogens is 280 g/mol. The maximum absolute atomic E-state index is 12.6. The number of benzene rings is 1. The van der Waals surface area contributed by atoms with Crippen molar-refractivity contribution in [1.29, 1.82) is 5.26 Å². The highest BCUT2D eigenvalue weighted by Gasteiger charge is 2.25. The number of carbonyl (C=O) groups excluding carboxylic acids is 1. The Bertz CT molecular complexity index is 703. The lowest BCUT2D eigenvalue weighted by molar-refractivity contribution is -0.0441. The molecule has 0 saturated carbocycles. The maximum Gasteiger partial charge on any atom is 0.186 e. The fourth-order valence-corrected chi connectivity index (χ4v) is 2.36. The molecule has 1 atom stereocenters. The Morgan fingerprint density at radius 3 is 2.73 bits per heavy atom. The standard InChI is InChI=1S/C17H14N2O3/c18-11-14(15-6-1-2-7-19-15)16(20)12-4-3-5-13(10-12)17-21-8-9-22-17/h1-7,10,14,17H,8-9H2. The van der Waals surface area contributed by atoms with Crippen molar-refractivity contribution >= 4 is 5.78 Å². The second-order valence-electron chi connectivity index (χ2n) is 4.88. The molecule has 5 nitrogen and oxygen atoms in total. The van der Waals surface area contributed by atoms with Gasteiger partial charge in [0, 0.05) is 17.3 Å². The monoisotopic (exact) mass is 294 g/mol. The smallest absolute Gasteiger partial charge is 0.186 e. The molecule has 1 fully saturated rings. The number of hydrogen-bond acceptors (Lipinski definition) is 5. The second kappa shape index (κ2) is 6.48. The lowest BCUT2D eigenvalue weighted by atomic mass is 9.94. The third-order valence-corrected chi connectivity index (χ3v) is 3.44. The van der Waals surface area contributed by atoms with Gasteiger partial charge in [-0.1, -0.05) is 24.3 Å². The lowest BCUT2D eigenvalue weighted by Crippen LogP contribution is -2.13. The van der Waals surface area contributed by atoms with Crippen LogP contribution in [0.5, 0.6) is 0 Å². The van der Waals surface area contributed by atoms with Crippen molar-refractivity contribution in [2.45, 2.75) is 12.2 Å². The van der Waals surface area contributed by atoms with Crippen LogP contribution in [-0.4, -0.2) is 24.0 Å². The predicted octanol–water partition coefficient (Wildman–Crippen LogP) is 2.62. The van der Waals surface area contributed by atoms with Gasteiger partial charge in [0.2, 0.25) is 0 Å². The fraction of sp³-hybridized carbons (Fsp3) is 0.235. The Kier molecular flexibility index (Phi) is 4.24. The first-order valence-electron chi connectivity index (χ1n) is 6.97. The molecular formula is C17H14N2O3. The Morgan fingerprint density at radius 2 is 2.05 bits per heavy atom. The van der Waals surface area contributed by atoms with Gasteiger partial charge in [0.1, 0.15) is 0 Å². The molecule has 1 aliphatic heterocycles. The van der Waals surface area contributed by atoms with Crippen LogP contribution in [0.15, 0.2) is 48.7 Å². The largest absolute Gasteiger partial charge is 0.346 e. The average molecular weight is 294 g/mol. The molecule has 0 spiro atoms. The number of ketones is 1. The Labute approximate surface area is 128 Å². The highest BCUT2D eigenvalue weighted by Crippen LogP contribution is 2.26. The highest BCUT2D eigenvalue weighted by atomic mass is 16.7. The number of aromatic nitrogens is 1. The topological polar surface area (TPSA) is 72.2 Å². The Morgan fingerprint density at radius 1 is 1.23 bits per heavy atom. The van der Waals surface area contributed by atoms with Gasteiger partial charge in [-0.2, -0.15) is 5.26 Å². The maximum atomic E-state index is 12.6. The third-order valence-electron chi connectivity index (χ3n) is 3.44.